The molecule has 0 aliphatic carbocycles. The van der Waals surface area contributed by atoms with Gasteiger partial charge in [0.2, 0.25) is 0 Å². The van der Waals surface area contributed by atoms with Crippen LogP contribution in [0, 0.1) is 6.92 Å². The van der Waals surface area contributed by atoms with Gasteiger partial charge >= 0.3 is 0 Å². The zero-order valence-corrected chi connectivity index (χ0v) is 11.3. The van der Waals surface area contributed by atoms with Crippen molar-refractivity contribution in [1.82, 2.24) is 15.2 Å². The van der Waals surface area contributed by atoms with E-state index in [1.807, 2.05) is 31.3 Å². The Bertz CT molecular complexity index is 688. The summed E-state index contributed by atoms with van der Waals surface area (Å²) in [6.45, 7) is 1.97. The summed E-state index contributed by atoms with van der Waals surface area (Å²) in [5, 5.41) is 10.2. The van der Waals surface area contributed by atoms with Crippen molar-refractivity contribution in [2.24, 2.45) is 0 Å². The van der Waals surface area contributed by atoms with Gasteiger partial charge < -0.3 is 5.32 Å². The van der Waals surface area contributed by atoms with Crippen molar-refractivity contribution >= 4 is 11.6 Å². The molecule has 0 fully saturated rings. The normalized spacial score (nSPS) is 10.4. The lowest BCUT2D eigenvalue weighted by molar-refractivity contribution is 1.05. The first kappa shape index (κ1) is 12.4. The maximum absolute atomic E-state index is 4.32. The topological polar surface area (TPSA) is 53.6 Å². The predicted molar refractivity (Wildman–Crippen MR) is 80.1 cm³/mol. The zero-order valence-electron chi connectivity index (χ0n) is 11.3. The lowest BCUT2D eigenvalue weighted by Gasteiger charge is -2.05. The number of aromatic nitrogens is 3. The number of hydrogen-bond donors (Lipinski definition) is 2. The minimum atomic E-state index is 0.784. The number of nitrogens with zero attached hydrogens (tertiary/aromatic N) is 2. The Labute approximate surface area is 117 Å². The quantitative estimate of drug-likeness (QED) is 0.759. The average Bonchev–Trinajstić information content (AvgIpc) is 2.86. The Morgan fingerprint density at radius 3 is 2.60 bits per heavy atom. The number of nitrogens with one attached hydrogen (secondary N) is 2. The second-order valence-corrected chi connectivity index (χ2v) is 4.77. The van der Waals surface area contributed by atoms with E-state index in [0.717, 1.165) is 23.8 Å². The van der Waals surface area contributed by atoms with Gasteiger partial charge in [0.1, 0.15) is 5.82 Å². The minimum Gasteiger partial charge on any atom is -0.323 e. The van der Waals surface area contributed by atoms with Crippen LogP contribution in [0.3, 0.4) is 0 Å². The highest BCUT2D eigenvalue weighted by Crippen LogP contribution is 2.16. The van der Waals surface area contributed by atoms with Gasteiger partial charge in [-0.05, 0) is 36.6 Å². The summed E-state index contributed by atoms with van der Waals surface area (Å²) >= 11 is 0. The lowest BCUT2D eigenvalue weighted by atomic mass is 10.1. The molecule has 4 heteroatoms. The number of hydrogen-bond acceptors (Lipinski definition) is 3. The second kappa shape index (κ2) is 5.57. The molecular weight excluding hydrogens is 248 g/mol. The SMILES string of the molecule is Cc1cc(Nc2cc(Cc3ccccc3)ccn2)n[nH]1. The first-order valence-corrected chi connectivity index (χ1v) is 6.57. The molecule has 1 aromatic carbocycles. The van der Waals surface area contributed by atoms with Gasteiger partial charge in [-0.15, -0.1) is 0 Å². The third-order valence-electron chi connectivity index (χ3n) is 3.04. The van der Waals surface area contributed by atoms with Crippen LogP contribution < -0.4 is 5.32 Å². The number of H-pyrrole nitrogens is 1. The molecule has 3 aromatic rings. The van der Waals surface area contributed by atoms with Crippen molar-refractivity contribution in [3.63, 3.8) is 0 Å². The third-order valence-corrected chi connectivity index (χ3v) is 3.04. The van der Waals surface area contributed by atoms with E-state index in [1.165, 1.54) is 11.1 Å². The molecule has 2 N–H and O–H groups in total. The second-order valence-electron chi connectivity index (χ2n) is 4.77. The van der Waals surface area contributed by atoms with Gasteiger partial charge in [-0.2, -0.15) is 5.10 Å². The summed E-state index contributed by atoms with van der Waals surface area (Å²) in [5.41, 5.74) is 3.54. The Balaban J connectivity index is 1.76. The van der Waals surface area contributed by atoms with Crippen LogP contribution in [0.1, 0.15) is 16.8 Å². The average molecular weight is 264 g/mol. The molecule has 3 rings (SSSR count). The number of anilines is 2. The number of aryl methyl sites for hydroxylation is 1. The molecule has 0 saturated heterocycles. The summed E-state index contributed by atoms with van der Waals surface area (Å²) in [4.78, 5) is 4.32. The Morgan fingerprint density at radius 1 is 1.00 bits per heavy atom. The standard InChI is InChI=1S/C16H16N4/c1-12-9-16(20-19-12)18-15-11-14(7-8-17-15)10-13-5-3-2-4-6-13/h2-9,11H,10H2,1H3,(H2,17,18,19,20). The highest BCUT2D eigenvalue weighted by Gasteiger charge is 2.02. The molecule has 0 aliphatic rings. The molecule has 0 bridgehead atoms. The van der Waals surface area contributed by atoms with Crippen LogP contribution in [-0.4, -0.2) is 15.2 Å². The van der Waals surface area contributed by atoms with Gasteiger partial charge in [0.25, 0.3) is 0 Å². The Kier molecular flexibility index (Phi) is 3.46. The van der Waals surface area contributed by atoms with Crippen molar-refractivity contribution in [3.8, 4) is 0 Å². The largest absolute Gasteiger partial charge is 0.323 e. The van der Waals surface area contributed by atoms with E-state index in [0.29, 0.717) is 0 Å². The lowest BCUT2D eigenvalue weighted by Crippen LogP contribution is -1.96. The number of rotatable bonds is 4. The van der Waals surface area contributed by atoms with E-state index in [2.05, 4.69) is 50.8 Å². The van der Waals surface area contributed by atoms with E-state index in [1.54, 1.807) is 0 Å². The van der Waals surface area contributed by atoms with E-state index in [4.69, 9.17) is 0 Å². The number of aromatic amines is 1. The summed E-state index contributed by atoms with van der Waals surface area (Å²) in [6, 6.07) is 16.4. The summed E-state index contributed by atoms with van der Waals surface area (Å²) in [5.74, 6) is 1.59. The molecule has 0 amide bonds. The van der Waals surface area contributed by atoms with Gasteiger partial charge in [0.05, 0.1) is 0 Å². The van der Waals surface area contributed by atoms with Crippen molar-refractivity contribution in [2.45, 2.75) is 13.3 Å². The fourth-order valence-corrected chi connectivity index (χ4v) is 2.10. The van der Waals surface area contributed by atoms with E-state index in [9.17, 15) is 0 Å². The zero-order chi connectivity index (χ0) is 13.8. The maximum Gasteiger partial charge on any atom is 0.153 e. The molecule has 0 aliphatic heterocycles. The molecule has 100 valence electrons. The van der Waals surface area contributed by atoms with Crippen molar-refractivity contribution in [2.75, 3.05) is 5.32 Å². The Morgan fingerprint density at radius 2 is 1.85 bits per heavy atom. The fraction of sp³-hybridized carbons (Fsp3) is 0.125. The van der Waals surface area contributed by atoms with Crippen molar-refractivity contribution < 1.29 is 0 Å². The maximum atomic E-state index is 4.32. The number of benzene rings is 1. The molecule has 0 saturated carbocycles. The summed E-state index contributed by atoms with van der Waals surface area (Å²) in [6.07, 6.45) is 2.72. The van der Waals surface area contributed by atoms with Crippen molar-refractivity contribution in [3.05, 3.63) is 71.5 Å². The van der Waals surface area contributed by atoms with Gasteiger partial charge in [-0.3, -0.25) is 5.10 Å². The monoisotopic (exact) mass is 264 g/mol. The smallest absolute Gasteiger partial charge is 0.153 e. The summed E-state index contributed by atoms with van der Waals surface area (Å²) in [7, 11) is 0. The van der Waals surface area contributed by atoms with Crippen LogP contribution in [0.25, 0.3) is 0 Å². The first-order chi connectivity index (χ1) is 9.79. The van der Waals surface area contributed by atoms with E-state index in [-0.39, 0.29) is 0 Å². The van der Waals surface area contributed by atoms with Crippen molar-refractivity contribution in [1.29, 1.82) is 0 Å². The summed E-state index contributed by atoms with van der Waals surface area (Å²) < 4.78 is 0. The van der Waals surface area contributed by atoms with E-state index < -0.39 is 0 Å². The molecule has 20 heavy (non-hydrogen) atoms. The van der Waals surface area contributed by atoms with Crippen LogP contribution >= 0.6 is 0 Å². The third kappa shape index (κ3) is 3.03. The molecule has 0 radical (unpaired) electrons. The van der Waals surface area contributed by atoms with Gasteiger partial charge in [0, 0.05) is 18.0 Å². The van der Waals surface area contributed by atoms with Gasteiger partial charge in [-0.1, -0.05) is 30.3 Å². The minimum absolute atomic E-state index is 0.784. The Hall–Kier alpha value is -2.62. The molecule has 0 unspecified atom stereocenters. The molecule has 0 atom stereocenters. The van der Waals surface area contributed by atoms with E-state index >= 15 is 0 Å². The molecule has 4 nitrogen and oxygen atoms in total. The van der Waals surface area contributed by atoms with Crippen LogP contribution in [0.15, 0.2) is 54.7 Å². The van der Waals surface area contributed by atoms with Crippen LogP contribution in [0.4, 0.5) is 11.6 Å². The van der Waals surface area contributed by atoms with Gasteiger partial charge in [0.15, 0.2) is 5.82 Å². The molecule has 2 heterocycles. The first-order valence-electron chi connectivity index (χ1n) is 6.57. The van der Waals surface area contributed by atoms with Crippen LogP contribution in [-0.2, 0) is 6.42 Å². The fourth-order valence-electron chi connectivity index (χ4n) is 2.10. The van der Waals surface area contributed by atoms with Crippen LogP contribution in [0.2, 0.25) is 0 Å². The highest BCUT2D eigenvalue weighted by atomic mass is 15.2. The van der Waals surface area contributed by atoms with Gasteiger partial charge in [-0.25, -0.2) is 4.98 Å². The number of pyridine rings is 1. The molecule has 2 aromatic heterocycles. The molecular formula is C16H16N4. The highest BCUT2D eigenvalue weighted by molar-refractivity contribution is 5.52. The predicted octanol–water partition coefficient (Wildman–Crippen LogP) is 3.45. The van der Waals surface area contributed by atoms with Crippen LogP contribution in [0.5, 0.6) is 0 Å². The molecule has 0 spiro atoms.